The van der Waals surface area contributed by atoms with Crippen LogP contribution in [0.2, 0.25) is 0 Å². The summed E-state index contributed by atoms with van der Waals surface area (Å²) in [4.78, 5) is 0. The van der Waals surface area contributed by atoms with Gasteiger partial charge in [-0.3, -0.25) is 0 Å². The molecule has 1 aromatic rings. The average molecular weight is 238 g/mol. The van der Waals surface area contributed by atoms with E-state index in [0.717, 1.165) is 12.1 Å². The van der Waals surface area contributed by atoms with Gasteiger partial charge in [0.05, 0.1) is 5.56 Å². The zero-order valence-electron chi connectivity index (χ0n) is 7.79. The van der Waals surface area contributed by atoms with Crippen molar-refractivity contribution < 1.29 is 13.2 Å². The molecule has 0 bridgehead atoms. The van der Waals surface area contributed by atoms with Crippen molar-refractivity contribution in [2.75, 3.05) is 0 Å². The van der Waals surface area contributed by atoms with Crippen LogP contribution in [0.25, 0.3) is 0 Å². The van der Waals surface area contributed by atoms with E-state index in [-0.39, 0.29) is 12.4 Å². The van der Waals surface area contributed by atoms with Gasteiger partial charge < -0.3 is 5.73 Å². The van der Waals surface area contributed by atoms with Gasteiger partial charge in [-0.25, -0.2) is 0 Å². The van der Waals surface area contributed by atoms with E-state index in [1.807, 2.05) is 0 Å². The monoisotopic (exact) mass is 237 g/mol. The zero-order valence-corrected chi connectivity index (χ0v) is 8.61. The fourth-order valence-electron chi connectivity index (χ4n) is 1.03. The normalized spacial score (nSPS) is 12.8. The molecule has 0 unspecified atom stereocenters. The molecule has 0 aliphatic rings. The van der Waals surface area contributed by atoms with E-state index in [1.54, 1.807) is 0 Å². The van der Waals surface area contributed by atoms with Crippen LogP contribution in [0.3, 0.4) is 0 Å². The number of halogens is 4. The first kappa shape index (κ1) is 14.0. The Labute approximate surface area is 92.2 Å². The molecule has 1 aromatic carbocycles. The largest absolute Gasteiger partial charge is 0.416 e. The van der Waals surface area contributed by atoms with E-state index < -0.39 is 17.8 Å². The molecule has 2 N–H and O–H groups in total. The molecule has 0 fully saturated rings. The molecule has 0 aliphatic heterocycles. The third kappa shape index (κ3) is 3.57. The second kappa shape index (κ2) is 5.19. The lowest BCUT2D eigenvalue weighted by molar-refractivity contribution is -0.137. The minimum absolute atomic E-state index is 0. The third-order valence-corrected chi connectivity index (χ3v) is 1.88. The molecule has 1 atom stereocenters. The molecule has 0 heterocycles. The number of alkyl halides is 3. The quantitative estimate of drug-likeness (QED) is 0.785. The summed E-state index contributed by atoms with van der Waals surface area (Å²) >= 11 is 0. The van der Waals surface area contributed by atoms with Gasteiger partial charge in [0.1, 0.15) is 0 Å². The van der Waals surface area contributed by atoms with Gasteiger partial charge in [0.15, 0.2) is 0 Å². The van der Waals surface area contributed by atoms with Gasteiger partial charge in [-0.15, -0.1) is 19.0 Å². The van der Waals surface area contributed by atoms with Crippen LogP contribution in [0, 0.1) is 0 Å². The summed E-state index contributed by atoms with van der Waals surface area (Å²) < 4.78 is 36.5. The third-order valence-electron chi connectivity index (χ3n) is 1.88. The fraction of sp³-hybridized carbons (Fsp3) is 0.200. The molecule has 0 aliphatic carbocycles. The molecular weight excluding hydrogens is 227 g/mol. The predicted molar refractivity (Wildman–Crippen MR) is 55.8 cm³/mol. The molecule has 0 radical (unpaired) electrons. The van der Waals surface area contributed by atoms with Gasteiger partial charge in [0.2, 0.25) is 0 Å². The molecule has 0 spiro atoms. The van der Waals surface area contributed by atoms with Gasteiger partial charge >= 0.3 is 6.18 Å². The summed E-state index contributed by atoms with van der Waals surface area (Å²) in [5.41, 5.74) is 5.50. The summed E-state index contributed by atoms with van der Waals surface area (Å²) in [5.74, 6) is 0. The topological polar surface area (TPSA) is 26.0 Å². The molecular formula is C10H11ClF3N. The van der Waals surface area contributed by atoms with Crippen molar-refractivity contribution >= 4 is 12.4 Å². The second-order valence-electron chi connectivity index (χ2n) is 2.88. The molecule has 1 rings (SSSR count). The lowest BCUT2D eigenvalue weighted by atomic mass is 10.1. The minimum atomic E-state index is -4.29. The Morgan fingerprint density at radius 1 is 1.20 bits per heavy atom. The van der Waals surface area contributed by atoms with Crippen molar-refractivity contribution in [1.29, 1.82) is 0 Å². The van der Waals surface area contributed by atoms with Crippen molar-refractivity contribution in [1.82, 2.24) is 0 Å². The Balaban J connectivity index is 0.00000196. The highest BCUT2D eigenvalue weighted by Gasteiger charge is 2.29. The van der Waals surface area contributed by atoms with Crippen molar-refractivity contribution in [2.45, 2.75) is 12.2 Å². The molecule has 0 amide bonds. The molecule has 15 heavy (non-hydrogen) atoms. The molecule has 84 valence electrons. The predicted octanol–water partition coefficient (Wildman–Crippen LogP) is 3.31. The standard InChI is InChI=1S/C10H10F3N.ClH/c1-2-9(14)7-3-5-8(6-4-7)10(11,12)13;/h2-6,9H,1,14H2;1H/t9-;/m1./s1. The molecule has 0 saturated heterocycles. The van der Waals surface area contributed by atoms with Crippen molar-refractivity contribution in [3.05, 3.63) is 48.0 Å². The first-order chi connectivity index (χ1) is 6.45. The Morgan fingerprint density at radius 3 is 2.00 bits per heavy atom. The smallest absolute Gasteiger partial charge is 0.321 e. The van der Waals surface area contributed by atoms with Gasteiger partial charge in [-0.1, -0.05) is 18.2 Å². The maximum Gasteiger partial charge on any atom is 0.416 e. The van der Waals surface area contributed by atoms with Gasteiger partial charge in [0, 0.05) is 6.04 Å². The van der Waals surface area contributed by atoms with E-state index >= 15 is 0 Å². The molecule has 0 saturated carbocycles. The fourth-order valence-corrected chi connectivity index (χ4v) is 1.03. The Morgan fingerprint density at radius 2 is 1.67 bits per heavy atom. The van der Waals surface area contributed by atoms with Crippen LogP contribution < -0.4 is 5.73 Å². The van der Waals surface area contributed by atoms with Gasteiger partial charge in [-0.2, -0.15) is 13.2 Å². The zero-order chi connectivity index (χ0) is 10.8. The lowest BCUT2D eigenvalue weighted by Crippen LogP contribution is -2.08. The maximum absolute atomic E-state index is 12.2. The molecule has 5 heteroatoms. The number of benzene rings is 1. The van der Waals surface area contributed by atoms with E-state index in [0.29, 0.717) is 5.56 Å². The second-order valence-corrected chi connectivity index (χ2v) is 2.88. The highest BCUT2D eigenvalue weighted by Crippen LogP contribution is 2.29. The van der Waals surface area contributed by atoms with E-state index in [1.165, 1.54) is 18.2 Å². The van der Waals surface area contributed by atoms with Crippen LogP contribution >= 0.6 is 12.4 Å². The van der Waals surface area contributed by atoms with Crippen LogP contribution in [0.1, 0.15) is 17.2 Å². The van der Waals surface area contributed by atoms with Crippen LogP contribution in [-0.4, -0.2) is 0 Å². The Bertz CT molecular complexity index is 318. The summed E-state index contributed by atoms with van der Waals surface area (Å²) in [6.07, 6.45) is -2.82. The van der Waals surface area contributed by atoms with E-state index in [9.17, 15) is 13.2 Å². The van der Waals surface area contributed by atoms with Crippen molar-refractivity contribution in [3.8, 4) is 0 Å². The van der Waals surface area contributed by atoms with Gasteiger partial charge in [0.25, 0.3) is 0 Å². The highest BCUT2D eigenvalue weighted by atomic mass is 35.5. The number of hydrogen-bond acceptors (Lipinski definition) is 1. The van der Waals surface area contributed by atoms with Crippen LogP contribution in [0.4, 0.5) is 13.2 Å². The summed E-state index contributed by atoms with van der Waals surface area (Å²) in [6, 6.07) is 4.32. The SMILES string of the molecule is C=C[C@@H](N)c1ccc(C(F)(F)F)cc1.Cl. The van der Waals surface area contributed by atoms with Crippen LogP contribution in [0.5, 0.6) is 0 Å². The molecule has 1 nitrogen and oxygen atoms in total. The number of hydrogen-bond donors (Lipinski definition) is 1. The average Bonchev–Trinajstić information content (AvgIpc) is 2.15. The van der Waals surface area contributed by atoms with Crippen LogP contribution in [0.15, 0.2) is 36.9 Å². The van der Waals surface area contributed by atoms with E-state index in [2.05, 4.69) is 6.58 Å². The minimum Gasteiger partial charge on any atom is -0.321 e. The lowest BCUT2D eigenvalue weighted by Gasteiger charge is -2.09. The Kier molecular flexibility index (Phi) is 4.84. The van der Waals surface area contributed by atoms with Gasteiger partial charge in [-0.05, 0) is 17.7 Å². The van der Waals surface area contributed by atoms with Crippen molar-refractivity contribution in [2.24, 2.45) is 5.73 Å². The van der Waals surface area contributed by atoms with Crippen LogP contribution in [-0.2, 0) is 6.18 Å². The molecule has 0 aromatic heterocycles. The first-order valence-corrected chi connectivity index (χ1v) is 4.00. The summed E-state index contributed by atoms with van der Waals surface area (Å²) in [5, 5.41) is 0. The summed E-state index contributed by atoms with van der Waals surface area (Å²) in [7, 11) is 0. The number of rotatable bonds is 2. The maximum atomic E-state index is 12.2. The highest BCUT2D eigenvalue weighted by molar-refractivity contribution is 5.85. The van der Waals surface area contributed by atoms with E-state index in [4.69, 9.17) is 5.73 Å². The Hall–Kier alpha value is -1.00. The summed E-state index contributed by atoms with van der Waals surface area (Å²) in [6.45, 7) is 3.46. The number of nitrogens with two attached hydrogens (primary N) is 1. The first-order valence-electron chi connectivity index (χ1n) is 4.00. The van der Waals surface area contributed by atoms with Crippen molar-refractivity contribution in [3.63, 3.8) is 0 Å².